The van der Waals surface area contributed by atoms with Gasteiger partial charge in [0.25, 0.3) is 0 Å². The molecule has 0 amide bonds. The molecule has 0 radical (unpaired) electrons. The molecule has 136 valence electrons. The number of ether oxygens (including phenoxy) is 1. The number of unbranched alkanes of at least 4 members (excludes halogenated alkanes) is 9. The third kappa shape index (κ3) is 15.8. The van der Waals surface area contributed by atoms with Crippen LogP contribution in [0.1, 0.15) is 84.0 Å². The van der Waals surface area contributed by atoms with E-state index in [2.05, 4.69) is 6.58 Å². The van der Waals surface area contributed by atoms with Crippen LogP contribution in [0, 0.1) is 0 Å². The van der Waals surface area contributed by atoms with E-state index >= 15 is 0 Å². The van der Waals surface area contributed by atoms with Crippen molar-refractivity contribution in [2.24, 2.45) is 0 Å². The third-order valence-corrected chi connectivity index (χ3v) is 4.01. The van der Waals surface area contributed by atoms with E-state index in [-0.39, 0.29) is 18.7 Å². The first-order chi connectivity index (χ1) is 11.1. The minimum Gasteiger partial charge on any atom is -0.462 e. The minimum absolute atomic E-state index is 0.278. The van der Waals surface area contributed by atoms with E-state index in [1.807, 2.05) is 6.08 Å². The van der Waals surface area contributed by atoms with Gasteiger partial charge in [-0.1, -0.05) is 51.0 Å². The normalized spacial score (nSPS) is 13.5. The Hall–Kier alpha value is -0.870. The zero-order valence-electron chi connectivity index (χ0n) is 14.8. The summed E-state index contributed by atoms with van der Waals surface area (Å²) in [5, 5.41) is 18.4. The summed E-state index contributed by atoms with van der Waals surface area (Å²) in [6.07, 6.45) is 14.2. The molecular formula is C19H36O4. The highest BCUT2D eigenvalue weighted by Gasteiger charge is 2.16. The van der Waals surface area contributed by atoms with Crippen LogP contribution in [-0.4, -0.2) is 35.0 Å². The first kappa shape index (κ1) is 22.1. The van der Waals surface area contributed by atoms with Crippen molar-refractivity contribution in [2.45, 2.75) is 96.2 Å². The molecule has 2 atom stereocenters. The zero-order chi connectivity index (χ0) is 17.3. The molecule has 0 aliphatic heterocycles. The van der Waals surface area contributed by atoms with Crippen LogP contribution in [0.3, 0.4) is 0 Å². The summed E-state index contributed by atoms with van der Waals surface area (Å²) in [5.41, 5.74) is 0. The second-order valence-corrected chi connectivity index (χ2v) is 6.35. The Morgan fingerprint density at radius 3 is 2.04 bits per heavy atom. The van der Waals surface area contributed by atoms with E-state index < -0.39 is 6.10 Å². The number of aliphatic hydroxyl groups excluding tert-OH is 2. The summed E-state index contributed by atoms with van der Waals surface area (Å²) in [6, 6.07) is 0. The van der Waals surface area contributed by atoms with Crippen LogP contribution in [0.5, 0.6) is 0 Å². The number of aliphatic hydroxyl groups is 2. The fourth-order valence-electron chi connectivity index (χ4n) is 2.74. The molecule has 4 nitrogen and oxygen atoms in total. The first-order valence-electron chi connectivity index (χ1n) is 9.17. The van der Waals surface area contributed by atoms with Gasteiger partial charge in [-0.3, -0.25) is 4.79 Å². The van der Waals surface area contributed by atoms with E-state index in [9.17, 15) is 9.90 Å². The summed E-state index contributed by atoms with van der Waals surface area (Å²) in [5.74, 6) is -0.323. The van der Waals surface area contributed by atoms with Gasteiger partial charge in [-0.15, -0.1) is 6.58 Å². The van der Waals surface area contributed by atoms with Crippen molar-refractivity contribution < 1.29 is 19.7 Å². The van der Waals surface area contributed by atoms with Crippen LogP contribution in [0.2, 0.25) is 0 Å². The standard InChI is InChI=1S/C19H36O4/c1-3-4-5-6-7-8-9-10-11-12-13-14-19(23-17(2)21)15-18(22)16-20/h3,18-20,22H,1,4-16H2,2H3/t18-,19-/m1/s1. The molecule has 23 heavy (non-hydrogen) atoms. The van der Waals surface area contributed by atoms with Gasteiger partial charge < -0.3 is 14.9 Å². The largest absolute Gasteiger partial charge is 0.462 e. The molecule has 2 N–H and O–H groups in total. The Kier molecular flexibility index (Phi) is 15.4. The van der Waals surface area contributed by atoms with Gasteiger partial charge in [-0.2, -0.15) is 0 Å². The first-order valence-corrected chi connectivity index (χ1v) is 9.17. The Bertz CT molecular complexity index is 291. The van der Waals surface area contributed by atoms with Crippen LogP contribution in [0.4, 0.5) is 0 Å². The molecule has 0 unspecified atom stereocenters. The van der Waals surface area contributed by atoms with Crippen molar-refractivity contribution in [1.29, 1.82) is 0 Å². The van der Waals surface area contributed by atoms with Gasteiger partial charge in [-0.05, 0) is 25.7 Å². The van der Waals surface area contributed by atoms with Gasteiger partial charge in [0.05, 0.1) is 12.7 Å². The number of carbonyl (C=O) groups is 1. The lowest BCUT2D eigenvalue weighted by Crippen LogP contribution is -2.25. The van der Waals surface area contributed by atoms with E-state index in [0.29, 0.717) is 6.42 Å². The fourth-order valence-corrected chi connectivity index (χ4v) is 2.74. The quantitative estimate of drug-likeness (QED) is 0.254. The molecule has 0 aromatic rings. The molecule has 0 bridgehead atoms. The number of hydrogen-bond acceptors (Lipinski definition) is 4. The van der Waals surface area contributed by atoms with E-state index in [0.717, 1.165) is 25.7 Å². The Labute approximate surface area is 141 Å². The molecule has 0 aromatic heterocycles. The smallest absolute Gasteiger partial charge is 0.302 e. The lowest BCUT2D eigenvalue weighted by molar-refractivity contribution is -0.148. The summed E-state index contributed by atoms with van der Waals surface area (Å²) in [4.78, 5) is 11.1. The van der Waals surface area contributed by atoms with Crippen LogP contribution >= 0.6 is 0 Å². The van der Waals surface area contributed by atoms with Gasteiger partial charge in [0, 0.05) is 13.3 Å². The molecule has 0 aliphatic carbocycles. The van der Waals surface area contributed by atoms with Crippen molar-refractivity contribution >= 4 is 5.97 Å². The topological polar surface area (TPSA) is 66.8 Å². The molecule has 0 heterocycles. The van der Waals surface area contributed by atoms with Gasteiger partial charge in [0.1, 0.15) is 6.10 Å². The van der Waals surface area contributed by atoms with Gasteiger partial charge >= 0.3 is 5.97 Å². The molecular weight excluding hydrogens is 292 g/mol. The van der Waals surface area contributed by atoms with Gasteiger partial charge in [0.15, 0.2) is 0 Å². The highest BCUT2D eigenvalue weighted by Crippen LogP contribution is 2.15. The maximum atomic E-state index is 11.1. The predicted octanol–water partition coefficient (Wildman–Crippen LogP) is 4.14. The maximum absolute atomic E-state index is 11.1. The fraction of sp³-hybridized carbons (Fsp3) is 0.842. The van der Waals surface area contributed by atoms with Crippen molar-refractivity contribution in [3.05, 3.63) is 12.7 Å². The summed E-state index contributed by atoms with van der Waals surface area (Å²) in [7, 11) is 0. The SMILES string of the molecule is C=CCCCCCCCCCCC[C@H](C[C@@H](O)CO)OC(C)=O. The van der Waals surface area contributed by atoms with Crippen LogP contribution < -0.4 is 0 Å². The maximum Gasteiger partial charge on any atom is 0.302 e. The number of esters is 1. The zero-order valence-corrected chi connectivity index (χ0v) is 14.8. The molecule has 0 saturated carbocycles. The lowest BCUT2D eigenvalue weighted by Gasteiger charge is -2.19. The van der Waals surface area contributed by atoms with Crippen LogP contribution in [0.15, 0.2) is 12.7 Å². The highest BCUT2D eigenvalue weighted by atomic mass is 16.5. The van der Waals surface area contributed by atoms with Crippen LogP contribution in [0.25, 0.3) is 0 Å². The van der Waals surface area contributed by atoms with Crippen molar-refractivity contribution in [2.75, 3.05) is 6.61 Å². The second-order valence-electron chi connectivity index (χ2n) is 6.35. The molecule has 0 saturated heterocycles. The lowest BCUT2D eigenvalue weighted by atomic mass is 10.0. The van der Waals surface area contributed by atoms with E-state index in [1.54, 1.807) is 0 Å². The monoisotopic (exact) mass is 328 g/mol. The molecule has 0 spiro atoms. The summed E-state index contributed by atoms with van der Waals surface area (Å²) < 4.78 is 5.20. The highest BCUT2D eigenvalue weighted by molar-refractivity contribution is 5.66. The van der Waals surface area contributed by atoms with Gasteiger partial charge in [0.2, 0.25) is 0 Å². The molecule has 0 aromatic carbocycles. The Balaban J connectivity index is 3.54. The molecule has 4 heteroatoms. The van der Waals surface area contributed by atoms with Gasteiger partial charge in [-0.25, -0.2) is 0 Å². The summed E-state index contributed by atoms with van der Waals surface area (Å²) in [6.45, 7) is 4.83. The average molecular weight is 328 g/mol. The van der Waals surface area contributed by atoms with Crippen molar-refractivity contribution in [1.82, 2.24) is 0 Å². The second kappa shape index (κ2) is 16.0. The minimum atomic E-state index is -0.805. The van der Waals surface area contributed by atoms with E-state index in [4.69, 9.17) is 9.84 Å². The average Bonchev–Trinajstić information content (AvgIpc) is 2.51. The van der Waals surface area contributed by atoms with Crippen molar-refractivity contribution in [3.8, 4) is 0 Å². The molecule has 0 fully saturated rings. The number of rotatable bonds is 16. The van der Waals surface area contributed by atoms with Crippen LogP contribution in [-0.2, 0) is 9.53 Å². The number of hydrogen-bond donors (Lipinski definition) is 2. The van der Waals surface area contributed by atoms with E-state index in [1.165, 1.54) is 51.9 Å². The predicted molar refractivity (Wildman–Crippen MR) is 94.2 cm³/mol. The number of allylic oxidation sites excluding steroid dienone is 1. The third-order valence-electron chi connectivity index (χ3n) is 4.01. The Morgan fingerprint density at radius 2 is 1.57 bits per heavy atom. The Morgan fingerprint density at radius 1 is 1.04 bits per heavy atom. The molecule has 0 rings (SSSR count). The van der Waals surface area contributed by atoms with Crippen molar-refractivity contribution in [3.63, 3.8) is 0 Å². The number of carbonyl (C=O) groups excluding carboxylic acids is 1. The summed E-state index contributed by atoms with van der Waals surface area (Å²) >= 11 is 0. The molecule has 0 aliphatic rings.